The molecule has 0 saturated heterocycles. The Morgan fingerprint density at radius 3 is 1.95 bits per heavy atom. The van der Waals surface area contributed by atoms with Gasteiger partial charge in [-0.1, -0.05) is 57.0 Å². The van der Waals surface area contributed by atoms with Crippen molar-refractivity contribution in [2.45, 2.75) is 52.1 Å². The fourth-order valence-corrected chi connectivity index (χ4v) is 3.67. The fourth-order valence-electron chi connectivity index (χ4n) is 1.85. The van der Waals surface area contributed by atoms with Gasteiger partial charge < -0.3 is 9.05 Å². The maximum atomic E-state index is 13.0. The number of hydrogen-bond acceptors (Lipinski definition) is 3. The Labute approximate surface area is 123 Å². The lowest BCUT2D eigenvalue weighted by molar-refractivity contribution is 0.193. The highest BCUT2D eigenvalue weighted by Crippen LogP contribution is 2.60. The summed E-state index contributed by atoms with van der Waals surface area (Å²) in [5, 5.41) is 0. The summed E-state index contributed by atoms with van der Waals surface area (Å²) in [6.07, 6.45) is 3.86. The molecule has 0 fully saturated rings. The summed E-state index contributed by atoms with van der Waals surface area (Å²) >= 11 is 0. The zero-order valence-electron chi connectivity index (χ0n) is 12.9. The lowest BCUT2D eigenvalue weighted by atomic mass is 10.2. The second kappa shape index (κ2) is 9.33. The summed E-state index contributed by atoms with van der Waals surface area (Å²) in [7, 11) is -3.09. The number of benzene rings is 1. The summed E-state index contributed by atoms with van der Waals surface area (Å²) in [5.41, 5.74) is 0.779. The molecule has 1 aromatic carbocycles. The van der Waals surface area contributed by atoms with Crippen LogP contribution in [-0.4, -0.2) is 13.2 Å². The third kappa shape index (κ3) is 5.40. The van der Waals surface area contributed by atoms with Crippen molar-refractivity contribution in [2.75, 3.05) is 13.2 Å². The van der Waals surface area contributed by atoms with Gasteiger partial charge in [-0.2, -0.15) is 0 Å². The van der Waals surface area contributed by atoms with Crippen LogP contribution in [0.1, 0.15) is 57.7 Å². The lowest BCUT2D eigenvalue weighted by Crippen LogP contribution is -2.06. The molecule has 1 atom stereocenters. The predicted molar refractivity (Wildman–Crippen MR) is 84.2 cm³/mol. The van der Waals surface area contributed by atoms with Crippen LogP contribution in [0.4, 0.5) is 0 Å². The molecule has 0 aliphatic heterocycles. The van der Waals surface area contributed by atoms with E-state index in [2.05, 4.69) is 13.8 Å². The van der Waals surface area contributed by atoms with E-state index < -0.39 is 7.60 Å². The van der Waals surface area contributed by atoms with E-state index in [1.165, 1.54) is 0 Å². The Kier molecular flexibility index (Phi) is 8.13. The average molecular weight is 298 g/mol. The van der Waals surface area contributed by atoms with Gasteiger partial charge in [0.2, 0.25) is 0 Å². The van der Waals surface area contributed by atoms with E-state index in [4.69, 9.17) is 9.05 Å². The van der Waals surface area contributed by atoms with Gasteiger partial charge in [0.25, 0.3) is 0 Å². The second-order valence-corrected chi connectivity index (χ2v) is 7.37. The third-order valence-electron chi connectivity index (χ3n) is 3.29. The summed E-state index contributed by atoms with van der Waals surface area (Å²) in [6, 6.07) is 9.81. The normalized spacial score (nSPS) is 13.3. The van der Waals surface area contributed by atoms with E-state index in [0.29, 0.717) is 13.2 Å². The maximum Gasteiger partial charge on any atom is 0.337 e. The van der Waals surface area contributed by atoms with E-state index in [0.717, 1.165) is 31.2 Å². The molecule has 4 heteroatoms. The van der Waals surface area contributed by atoms with Crippen molar-refractivity contribution in [3.8, 4) is 0 Å². The maximum absolute atomic E-state index is 13.0. The zero-order valence-corrected chi connectivity index (χ0v) is 13.8. The first-order valence-corrected chi connectivity index (χ1v) is 9.19. The van der Waals surface area contributed by atoms with Crippen LogP contribution < -0.4 is 0 Å². The first-order chi connectivity index (χ1) is 9.64. The van der Waals surface area contributed by atoms with Crippen LogP contribution in [0.25, 0.3) is 0 Å². The molecule has 0 aromatic heterocycles. The molecule has 0 bridgehead atoms. The first-order valence-electron chi connectivity index (χ1n) is 7.57. The van der Waals surface area contributed by atoms with Crippen molar-refractivity contribution in [1.29, 1.82) is 0 Å². The van der Waals surface area contributed by atoms with Gasteiger partial charge in [0.1, 0.15) is 0 Å². The summed E-state index contributed by atoms with van der Waals surface area (Å²) in [5.74, 6) is 0. The molecule has 114 valence electrons. The van der Waals surface area contributed by atoms with Crippen LogP contribution in [0, 0.1) is 0 Å². The van der Waals surface area contributed by atoms with Crippen molar-refractivity contribution in [3.63, 3.8) is 0 Å². The van der Waals surface area contributed by atoms with Gasteiger partial charge in [0, 0.05) is 0 Å². The minimum absolute atomic E-state index is 0.225. The molecule has 0 aliphatic carbocycles. The van der Waals surface area contributed by atoms with Crippen molar-refractivity contribution < 1.29 is 13.6 Å². The van der Waals surface area contributed by atoms with Crippen molar-refractivity contribution in [3.05, 3.63) is 35.9 Å². The number of rotatable bonds is 10. The van der Waals surface area contributed by atoms with Crippen LogP contribution in [0.15, 0.2) is 30.3 Å². The number of hydrogen-bond donors (Lipinski definition) is 0. The van der Waals surface area contributed by atoms with Crippen LogP contribution in [0.2, 0.25) is 0 Å². The predicted octanol–water partition coefficient (Wildman–Crippen LogP) is 5.57. The standard InChI is InChI=1S/C16H27O3P/c1-4-6-13-18-20(17,19-14-7-5-2)15(3)16-11-9-8-10-12-16/h8-12,15H,4-7,13-14H2,1-3H3/t15-/m0/s1. The Balaban J connectivity index is 2.77. The molecule has 1 rings (SSSR count). The highest BCUT2D eigenvalue weighted by molar-refractivity contribution is 7.54. The van der Waals surface area contributed by atoms with Crippen LogP contribution in [0.5, 0.6) is 0 Å². The smallest absolute Gasteiger partial charge is 0.308 e. The summed E-state index contributed by atoms with van der Waals surface area (Å²) in [6.45, 7) is 7.10. The van der Waals surface area contributed by atoms with E-state index in [1.54, 1.807) is 0 Å². The summed E-state index contributed by atoms with van der Waals surface area (Å²) in [4.78, 5) is 0. The van der Waals surface area contributed by atoms with Gasteiger partial charge in [-0.3, -0.25) is 4.57 Å². The van der Waals surface area contributed by atoms with Gasteiger partial charge in [-0.15, -0.1) is 0 Å². The molecule has 0 amide bonds. The highest BCUT2D eigenvalue weighted by Gasteiger charge is 2.33. The Bertz CT molecular complexity index is 391. The minimum Gasteiger partial charge on any atom is -0.308 e. The molecule has 0 unspecified atom stereocenters. The molecule has 0 saturated carbocycles. The van der Waals surface area contributed by atoms with Gasteiger partial charge in [-0.05, 0) is 25.3 Å². The van der Waals surface area contributed by atoms with Crippen LogP contribution >= 0.6 is 7.60 Å². The quantitative estimate of drug-likeness (QED) is 0.418. The monoisotopic (exact) mass is 298 g/mol. The lowest BCUT2D eigenvalue weighted by Gasteiger charge is -2.24. The van der Waals surface area contributed by atoms with Crippen LogP contribution in [-0.2, 0) is 13.6 Å². The Hall–Kier alpha value is -0.630. The van der Waals surface area contributed by atoms with Crippen molar-refractivity contribution >= 4 is 7.60 Å². The third-order valence-corrected chi connectivity index (χ3v) is 5.63. The largest absolute Gasteiger partial charge is 0.337 e. The second-order valence-electron chi connectivity index (χ2n) is 5.00. The van der Waals surface area contributed by atoms with E-state index in [-0.39, 0.29) is 5.66 Å². The number of unbranched alkanes of at least 4 members (excludes halogenated alkanes) is 2. The molecule has 20 heavy (non-hydrogen) atoms. The SMILES string of the molecule is CCCCOP(=O)(OCCCC)[C@@H](C)c1ccccc1. The van der Waals surface area contributed by atoms with Gasteiger partial charge >= 0.3 is 7.60 Å². The van der Waals surface area contributed by atoms with Crippen molar-refractivity contribution in [1.82, 2.24) is 0 Å². The highest BCUT2D eigenvalue weighted by atomic mass is 31.2. The van der Waals surface area contributed by atoms with Crippen LogP contribution in [0.3, 0.4) is 0 Å². The van der Waals surface area contributed by atoms with E-state index >= 15 is 0 Å². The molecule has 0 radical (unpaired) electrons. The van der Waals surface area contributed by atoms with Gasteiger partial charge in [0.05, 0.1) is 18.9 Å². The Morgan fingerprint density at radius 2 is 1.50 bits per heavy atom. The Morgan fingerprint density at radius 1 is 1.00 bits per heavy atom. The molecule has 0 aliphatic rings. The van der Waals surface area contributed by atoms with Gasteiger partial charge in [0.15, 0.2) is 0 Å². The molecular weight excluding hydrogens is 271 g/mol. The molecule has 1 aromatic rings. The first kappa shape index (κ1) is 17.4. The fraction of sp³-hybridized carbons (Fsp3) is 0.625. The molecule has 0 heterocycles. The minimum atomic E-state index is -3.09. The topological polar surface area (TPSA) is 35.5 Å². The van der Waals surface area contributed by atoms with E-state index in [1.807, 2.05) is 37.3 Å². The zero-order chi connectivity index (χ0) is 14.8. The molecule has 0 N–H and O–H groups in total. The van der Waals surface area contributed by atoms with E-state index in [9.17, 15) is 4.57 Å². The molecule has 0 spiro atoms. The van der Waals surface area contributed by atoms with Crippen molar-refractivity contribution in [2.24, 2.45) is 0 Å². The summed E-state index contributed by atoms with van der Waals surface area (Å²) < 4.78 is 24.4. The molecule has 3 nitrogen and oxygen atoms in total. The molecular formula is C16H27O3P. The van der Waals surface area contributed by atoms with Gasteiger partial charge in [-0.25, -0.2) is 0 Å². The average Bonchev–Trinajstić information content (AvgIpc) is 2.48.